The van der Waals surface area contributed by atoms with Gasteiger partial charge in [-0.15, -0.1) is 0 Å². The molecule has 18 nitrogen and oxygen atoms in total. The summed E-state index contributed by atoms with van der Waals surface area (Å²) in [5.74, 6) is -11.8. The molecule has 0 amide bonds. The van der Waals surface area contributed by atoms with Crippen molar-refractivity contribution in [2.75, 3.05) is 0 Å². The van der Waals surface area contributed by atoms with E-state index >= 15 is 0 Å². The maximum absolute atomic E-state index is 10.9. The van der Waals surface area contributed by atoms with Crippen molar-refractivity contribution >= 4 is 47.8 Å². The maximum atomic E-state index is 10.9. The van der Waals surface area contributed by atoms with Gasteiger partial charge in [-0.1, -0.05) is 27.0 Å². The molecule has 0 radical (unpaired) electrons. The largest absolute Gasteiger partial charge is 0.509 e. The minimum absolute atomic E-state index is 0. The van der Waals surface area contributed by atoms with Crippen LogP contribution in [0.1, 0.15) is 61.3 Å². The topological polar surface area (TPSA) is 317 Å². The van der Waals surface area contributed by atoms with E-state index in [4.69, 9.17) is 50.4 Å². The number of carbonyl (C=O) groups excluding carboxylic acids is 2. The number of rotatable bonds is 14. The Labute approximate surface area is 327 Å². The van der Waals surface area contributed by atoms with E-state index in [1.54, 1.807) is 0 Å². The van der Waals surface area contributed by atoms with E-state index in [0.717, 1.165) is 25.3 Å². The zero-order valence-corrected chi connectivity index (χ0v) is 38.2. The minimum atomic E-state index is -1.20. The predicted molar refractivity (Wildman–Crippen MR) is 162 cm³/mol. The van der Waals surface area contributed by atoms with E-state index in [1.165, 1.54) is 41.5 Å². The third-order valence-corrected chi connectivity index (χ3v) is 4.84. The number of aliphatic hydroxyl groups excluding tert-OH is 2. The molecule has 6 unspecified atom stereocenters. The van der Waals surface area contributed by atoms with E-state index in [9.17, 15) is 33.6 Å². The summed E-state index contributed by atoms with van der Waals surface area (Å²) in [6.07, 6.45) is 1.45. The molecule has 0 bridgehead atoms. The standard InChI is InChI=1S/C10H16O6.C8H14O5.C5H6O3.C4H6O2.C2H4O2.3Zn/c1-5(16-7(3)11)4-8(10(14)15)6(2)9(12)13;1-4(9)3-6(8(12)13)5(2)7(10)11;1-4(6)2-3-5(7)8;1-3-6-4(2)5;1-2(3)4;;;/h5-6,8H,4H2,1-3H3,(H,12,13)(H,14,15);4-6,9H,3H2,1-2H3,(H,10,11)(H,12,13);2-3,6H,1H2,(H,7,8);3H,1H2,2H3;1H3,(H,3,4);;;. The maximum Gasteiger partial charge on any atom is 0.328 e. The molecule has 0 saturated carbocycles. The van der Waals surface area contributed by atoms with Crippen LogP contribution in [0.25, 0.3) is 0 Å². The van der Waals surface area contributed by atoms with Crippen molar-refractivity contribution in [3.63, 3.8) is 0 Å². The fourth-order valence-corrected chi connectivity index (χ4v) is 2.72. The zero-order chi connectivity index (χ0) is 38.6. The summed E-state index contributed by atoms with van der Waals surface area (Å²) in [4.78, 5) is 81.7. The van der Waals surface area contributed by atoms with Gasteiger partial charge < -0.3 is 50.3 Å². The molecule has 21 heteroatoms. The Kier molecular flexibility index (Phi) is 50.0. The van der Waals surface area contributed by atoms with Crippen molar-refractivity contribution in [2.45, 2.75) is 73.5 Å². The Morgan fingerprint density at radius 1 is 0.620 bits per heavy atom. The molecule has 0 rings (SSSR count). The number of ether oxygens (including phenoxy) is 2. The van der Waals surface area contributed by atoms with Crippen molar-refractivity contribution in [1.82, 2.24) is 0 Å². The second kappa shape index (κ2) is 38.4. The zero-order valence-electron chi connectivity index (χ0n) is 29.3. The number of esters is 2. The van der Waals surface area contributed by atoms with E-state index in [1.807, 2.05) is 0 Å². The van der Waals surface area contributed by atoms with E-state index in [-0.39, 0.29) is 83.0 Å². The summed E-state index contributed by atoms with van der Waals surface area (Å²) < 4.78 is 8.93. The Hall–Kier alpha value is -3.39. The van der Waals surface area contributed by atoms with E-state index in [0.29, 0.717) is 0 Å². The predicted octanol–water partition coefficient (Wildman–Crippen LogP) is 2.40. The van der Waals surface area contributed by atoms with Crippen LogP contribution in [0.2, 0.25) is 0 Å². The number of aliphatic carboxylic acids is 6. The molecule has 0 aliphatic rings. The average molecular weight is 879 g/mol. The van der Waals surface area contributed by atoms with Gasteiger partial charge in [0.1, 0.15) is 5.76 Å². The van der Waals surface area contributed by atoms with Crippen LogP contribution in [0.15, 0.2) is 37.3 Å². The molecule has 0 spiro atoms. The van der Waals surface area contributed by atoms with Crippen molar-refractivity contribution < 1.29 is 147 Å². The first-order valence-electron chi connectivity index (χ1n) is 13.3. The first-order chi connectivity index (χ1) is 21.2. The quantitative estimate of drug-likeness (QED) is 0.0408. The first-order valence-corrected chi connectivity index (χ1v) is 13.3. The molecule has 0 aliphatic carbocycles. The number of hydrogen-bond donors (Lipinski definition) is 8. The van der Waals surface area contributed by atoms with Gasteiger partial charge in [0.05, 0.1) is 42.1 Å². The smallest absolute Gasteiger partial charge is 0.328 e. The number of hydrogen-bond acceptors (Lipinski definition) is 12. The third kappa shape index (κ3) is 51.4. The fourth-order valence-electron chi connectivity index (χ4n) is 2.72. The van der Waals surface area contributed by atoms with Crippen LogP contribution in [0.3, 0.4) is 0 Å². The average Bonchev–Trinajstić information content (AvgIpc) is 2.88. The molecule has 50 heavy (non-hydrogen) atoms. The van der Waals surface area contributed by atoms with Crippen LogP contribution in [-0.4, -0.2) is 101 Å². The molecule has 276 valence electrons. The second-order valence-corrected chi connectivity index (χ2v) is 9.34. The molecule has 0 aromatic rings. The fraction of sp³-hybridized carbons (Fsp3) is 0.517. The van der Waals surface area contributed by atoms with Gasteiger partial charge in [-0.05, 0) is 32.8 Å². The summed E-state index contributed by atoms with van der Waals surface area (Å²) in [6.45, 7) is 15.4. The van der Waals surface area contributed by atoms with Gasteiger partial charge in [0.15, 0.2) is 0 Å². The molecule has 0 heterocycles. The molecule has 8 N–H and O–H groups in total. The van der Waals surface area contributed by atoms with E-state index < -0.39 is 77.7 Å². The van der Waals surface area contributed by atoms with Crippen LogP contribution in [-0.2, 0) is 106 Å². The number of carboxylic acids is 6. The molecule has 0 aliphatic heterocycles. The van der Waals surface area contributed by atoms with Gasteiger partial charge in [-0.25, -0.2) is 4.79 Å². The third-order valence-electron chi connectivity index (χ3n) is 4.84. The Morgan fingerprint density at radius 3 is 1.12 bits per heavy atom. The Balaban J connectivity index is -0.0000000778. The Morgan fingerprint density at radius 2 is 0.960 bits per heavy atom. The minimum Gasteiger partial charge on any atom is -0.509 e. The number of allylic oxidation sites excluding steroid dienone is 1. The summed E-state index contributed by atoms with van der Waals surface area (Å²) in [5.41, 5.74) is 0. The van der Waals surface area contributed by atoms with Crippen LogP contribution in [0.5, 0.6) is 0 Å². The number of carbonyl (C=O) groups is 8. The molecule has 0 saturated heterocycles. The van der Waals surface area contributed by atoms with E-state index in [2.05, 4.69) is 17.9 Å². The van der Waals surface area contributed by atoms with Gasteiger partial charge in [-0.3, -0.25) is 33.6 Å². The van der Waals surface area contributed by atoms with Gasteiger partial charge in [0, 0.05) is 85.3 Å². The number of aliphatic hydroxyl groups is 2. The summed E-state index contributed by atoms with van der Waals surface area (Å²) >= 11 is 0. The first kappa shape index (κ1) is 65.0. The van der Waals surface area contributed by atoms with Crippen molar-refractivity contribution in [3.05, 3.63) is 37.3 Å². The second-order valence-electron chi connectivity index (χ2n) is 9.34. The molecular weight excluding hydrogens is 832 g/mol. The van der Waals surface area contributed by atoms with Gasteiger partial charge in [-0.2, -0.15) is 0 Å². The van der Waals surface area contributed by atoms with Gasteiger partial charge in [0.2, 0.25) is 0 Å². The van der Waals surface area contributed by atoms with Crippen LogP contribution in [0, 0.1) is 23.7 Å². The molecule has 0 fully saturated rings. The van der Waals surface area contributed by atoms with Crippen molar-refractivity contribution in [1.29, 1.82) is 0 Å². The van der Waals surface area contributed by atoms with Crippen molar-refractivity contribution in [2.24, 2.45) is 23.7 Å². The summed E-state index contributed by atoms with van der Waals surface area (Å²) in [6, 6.07) is 0. The SMILES string of the molecule is C=C(O)C=CC(=O)O.C=COC(C)=O.CC(=O)O.CC(=O)OC(C)CC(C(=O)O)C(C)C(=O)O.CC(O)CC(C(=O)O)C(C)C(=O)O.[Zn].[Zn].[Zn]. The monoisotopic (exact) mass is 874 g/mol. The van der Waals surface area contributed by atoms with Crippen LogP contribution >= 0.6 is 0 Å². The van der Waals surface area contributed by atoms with Crippen LogP contribution < -0.4 is 0 Å². The van der Waals surface area contributed by atoms with Crippen LogP contribution in [0.4, 0.5) is 0 Å². The molecule has 6 atom stereocenters. The summed E-state index contributed by atoms with van der Waals surface area (Å²) in [5, 5.41) is 67.4. The van der Waals surface area contributed by atoms with Crippen molar-refractivity contribution in [3.8, 4) is 0 Å². The molecular formula is C29H46O18Zn3. The molecule has 0 aromatic carbocycles. The van der Waals surface area contributed by atoms with Gasteiger partial charge in [0.25, 0.3) is 5.97 Å². The normalized spacial score (nSPS) is 12.5. The Bertz CT molecular complexity index is 1070. The number of carboxylic acid groups (broad SMARTS) is 6. The summed E-state index contributed by atoms with van der Waals surface area (Å²) in [7, 11) is 0. The molecule has 0 aromatic heterocycles. The van der Waals surface area contributed by atoms with Gasteiger partial charge >= 0.3 is 41.8 Å².